The molecule has 0 N–H and O–H groups in total. The van der Waals surface area contributed by atoms with E-state index in [0.717, 1.165) is 16.1 Å². The number of rotatable bonds is 3. The monoisotopic (exact) mass is 288 g/mol. The minimum Gasteiger partial charge on any atom is -0.299 e. The third-order valence-corrected chi connectivity index (χ3v) is 4.22. The molecular weight excluding hydrogens is 275 g/mol. The lowest BCUT2D eigenvalue weighted by molar-refractivity contribution is -0.116. The first-order chi connectivity index (χ1) is 6.93. The number of hydrogen-bond donors (Lipinski definition) is 0. The SMILES string of the molecule is CC(=O)C(Br)C(C)c1ccc(Cl)cc1C. The summed E-state index contributed by atoms with van der Waals surface area (Å²) >= 11 is 9.30. The molecule has 2 atom stereocenters. The van der Waals surface area contributed by atoms with E-state index in [1.807, 2.05) is 32.0 Å². The highest BCUT2D eigenvalue weighted by Gasteiger charge is 2.21. The van der Waals surface area contributed by atoms with Gasteiger partial charge in [-0.2, -0.15) is 0 Å². The molecule has 0 spiro atoms. The fourth-order valence-corrected chi connectivity index (χ4v) is 2.17. The number of halogens is 2. The van der Waals surface area contributed by atoms with Crippen molar-refractivity contribution in [2.24, 2.45) is 0 Å². The molecule has 1 aromatic carbocycles. The number of alkyl halides is 1. The Hall–Kier alpha value is -0.340. The van der Waals surface area contributed by atoms with Gasteiger partial charge in [0.2, 0.25) is 0 Å². The fourth-order valence-electron chi connectivity index (χ4n) is 1.66. The summed E-state index contributed by atoms with van der Waals surface area (Å²) in [6, 6.07) is 5.77. The molecule has 0 saturated carbocycles. The molecule has 0 saturated heterocycles. The van der Waals surface area contributed by atoms with Gasteiger partial charge in [-0.1, -0.05) is 40.5 Å². The summed E-state index contributed by atoms with van der Waals surface area (Å²) in [4.78, 5) is 11.1. The molecule has 0 aliphatic carbocycles. The van der Waals surface area contributed by atoms with Crippen LogP contribution in [0.4, 0.5) is 0 Å². The number of ketones is 1. The summed E-state index contributed by atoms with van der Waals surface area (Å²) in [6.45, 7) is 5.65. The van der Waals surface area contributed by atoms with E-state index < -0.39 is 0 Å². The maximum absolute atomic E-state index is 11.3. The summed E-state index contributed by atoms with van der Waals surface area (Å²) in [5, 5.41) is 0.734. The number of benzene rings is 1. The van der Waals surface area contributed by atoms with Crippen molar-refractivity contribution in [2.45, 2.75) is 31.5 Å². The number of carbonyl (C=O) groups excluding carboxylic acids is 1. The Morgan fingerprint density at radius 2 is 2.07 bits per heavy atom. The lowest BCUT2D eigenvalue weighted by Crippen LogP contribution is -2.18. The molecule has 0 bridgehead atoms. The van der Waals surface area contributed by atoms with Gasteiger partial charge in [0.05, 0.1) is 4.83 Å². The van der Waals surface area contributed by atoms with Crippen molar-refractivity contribution in [1.82, 2.24) is 0 Å². The van der Waals surface area contributed by atoms with E-state index in [2.05, 4.69) is 15.9 Å². The van der Waals surface area contributed by atoms with E-state index in [1.165, 1.54) is 0 Å². The molecule has 0 radical (unpaired) electrons. The Labute approximate surface area is 104 Å². The van der Waals surface area contributed by atoms with E-state index in [4.69, 9.17) is 11.6 Å². The summed E-state index contributed by atoms with van der Waals surface area (Å²) in [6.07, 6.45) is 0. The van der Waals surface area contributed by atoms with Crippen molar-refractivity contribution in [3.63, 3.8) is 0 Å². The van der Waals surface area contributed by atoms with E-state index >= 15 is 0 Å². The van der Waals surface area contributed by atoms with Crippen LogP contribution in [-0.2, 0) is 4.79 Å². The van der Waals surface area contributed by atoms with Gasteiger partial charge in [0.15, 0.2) is 0 Å². The highest BCUT2D eigenvalue weighted by atomic mass is 79.9. The van der Waals surface area contributed by atoms with Crippen LogP contribution in [0.5, 0.6) is 0 Å². The Balaban J connectivity index is 3.01. The minimum atomic E-state index is -0.127. The van der Waals surface area contributed by atoms with Crippen LogP contribution < -0.4 is 0 Å². The van der Waals surface area contributed by atoms with Crippen molar-refractivity contribution in [2.75, 3.05) is 0 Å². The molecule has 0 aliphatic heterocycles. The van der Waals surface area contributed by atoms with Crippen molar-refractivity contribution in [3.8, 4) is 0 Å². The van der Waals surface area contributed by atoms with Gasteiger partial charge in [0.1, 0.15) is 5.78 Å². The van der Waals surface area contributed by atoms with E-state index in [0.29, 0.717) is 0 Å². The van der Waals surface area contributed by atoms with Crippen LogP contribution in [0.25, 0.3) is 0 Å². The second kappa shape index (κ2) is 5.13. The second-order valence-corrected chi connectivity index (χ2v) is 5.22. The fraction of sp³-hybridized carbons (Fsp3) is 0.417. The van der Waals surface area contributed by atoms with Crippen molar-refractivity contribution < 1.29 is 4.79 Å². The first-order valence-electron chi connectivity index (χ1n) is 4.84. The molecule has 0 amide bonds. The topological polar surface area (TPSA) is 17.1 Å². The minimum absolute atomic E-state index is 0.127. The van der Waals surface area contributed by atoms with Crippen molar-refractivity contribution >= 4 is 33.3 Å². The van der Waals surface area contributed by atoms with Crippen LogP contribution in [0.3, 0.4) is 0 Å². The predicted molar refractivity (Wildman–Crippen MR) is 68.0 cm³/mol. The highest BCUT2D eigenvalue weighted by Crippen LogP contribution is 2.29. The molecule has 2 unspecified atom stereocenters. The lowest BCUT2D eigenvalue weighted by Gasteiger charge is -2.18. The summed E-state index contributed by atoms with van der Waals surface area (Å²) in [5.41, 5.74) is 2.29. The molecule has 1 aromatic rings. The normalized spacial score (nSPS) is 14.7. The van der Waals surface area contributed by atoms with E-state index in [1.54, 1.807) is 6.92 Å². The molecule has 3 heteroatoms. The highest BCUT2D eigenvalue weighted by molar-refractivity contribution is 9.10. The van der Waals surface area contributed by atoms with Crippen LogP contribution in [0.15, 0.2) is 18.2 Å². The summed E-state index contributed by atoms with van der Waals surface area (Å²) in [5.74, 6) is 0.316. The largest absolute Gasteiger partial charge is 0.299 e. The van der Waals surface area contributed by atoms with Crippen LogP contribution in [0.1, 0.15) is 30.9 Å². The number of carbonyl (C=O) groups is 1. The number of Topliss-reactive ketones (excluding diaryl/α,β-unsaturated/α-hetero) is 1. The third kappa shape index (κ3) is 3.05. The predicted octanol–water partition coefficient (Wildman–Crippen LogP) is 4.10. The molecular formula is C12H14BrClO. The Kier molecular flexibility index (Phi) is 4.35. The smallest absolute Gasteiger partial charge is 0.144 e. The zero-order valence-corrected chi connectivity index (χ0v) is 11.4. The molecule has 1 rings (SSSR count). The average molecular weight is 290 g/mol. The molecule has 82 valence electrons. The maximum Gasteiger partial charge on any atom is 0.144 e. The molecule has 15 heavy (non-hydrogen) atoms. The first-order valence-corrected chi connectivity index (χ1v) is 6.13. The van der Waals surface area contributed by atoms with Crippen molar-refractivity contribution in [3.05, 3.63) is 34.3 Å². The molecule has 0 aromatic heterocycles. The van der Waals surface area contributed by atoms with Crippen LogP contribution >= 0.6 is 27.5 Å². The van der Waals surface area contributed by atoms with Gasteiger partial charge in [-0.15, -0.1) is 0 Å². The third-order valence-electron chi connectivity index (χ3n) is 2.55. The quantitative estimate of drug-likeness (QED) is 0.766. The summed E-state index contributed by atoms with van der Waals surface area (Å²) in [7, 11) is 0. The lowest BCUT2D eigenvalue weighted by atomic mass is 9.92. The van der Waals surface area contributed by atoms with E-state index in [9.17, 15) is 4.79 Å². The van der Waals surface area contributed by atoms with Crippen LogP contribution in [0.2, 0.25) is 5.02 Å². The maximum atomic E-state index is 11.3. The zero-order valence-electron chi connectivity index (χ0n) is 9.05. The molecule has 0 fully saturated rings. The number of hydrogen-bond acceptors (Lipinski definition) is 1. The number of aryl methyl sites for hydroxylation is 1. The van der Waals surface area contributed by atoms with Gasteiger partial charge < -0.3 is 0 Å². The Bertz CT molecular complexity index is 376. The van der Waals surface area contributed by atoms with Gasteiger partial charge in [-0.25, -0.2) is 0 Å². The van der Waals surface area contributed by atoms with Crippen LogP contribution in [0, 0.1) is 6.92 Å². The second-order valence-electron chi connectivity index (χ2n) is 3.80. The van der Waals surface area contributed by atoms with Gasteiger partial charge in [-0.05, 0) is 37.1 Å². The molecule has 0 aliphatic rings. The molecule has 0 heterocycles. The van der Waals surface area contributed by atoms with Crippen molar-refractivity contribution in [1.29, 1.82) is 0 Å². The van der Waals surface area contributed by atoms with Gasteiger partial charge in [0.25, 0.3) is 0 Å². The zero-order chi connectivity index (χ0) is 11.6. The molecule has 1 nitrogen and oxygen atoms in total. The van der Waals surface area contributed by atoms with E-state index in [-0.39, 0.29) is 16.5 Å². The van der Waals surface area contributed by atoms with Gasteiger partial charge >= 0.3 is 0 Å². The van der Waals surface area contributed by atoms with Gasteiger partial charge in [-0.3, -0.25) is 4.79 Å². The Morgan fingerprint density at radius 3 is 2.53 bits per heavy atom. The average Bonchev–Trinajstić information content (AvgIpc) is 2.15. The van der Waals surface area contributed by atoms with Gasteiger partial charge in [0, 0.05) is 10.9 Å². The summed E-state index contributed by atoms with van der Waals surface area (Å²) < 4.78 is 0. The standard InChI is InChI=1S/C12H14BrClO/c1-7-6-10(14)4-5-11(7)8(2)12(13)9(3)15/h4-6,8,12H,1-3H3. The van der Waals surface area contributed by atoms with Crippen LogP contribution in [-0.4, -0.2) is 10.6 Å². The Morgan fingerprint density at radius 1 is 1.47 bits per heavy atom. The first kappa shape index (κ1) is 12.7.